The van der Waals surface area contributed by atoms with Gasteiger partial charge in [-0.3, -0.25) is 9.59 Å². The van der Waals surface area contributed by atoms with Gasteiger partial charge < -0.3 is 10.3 Å². The Labute approximate surface area is 156 Å². The van der Waals surface area contributed by atoms with Crippen molar-refractivity contribution in [1.82, 2.24) is 10.3 Å². The van der Waals surface area contributed by atoms with E-state index in [0.717, 1.165) is 16.5 Å². The molecule has 1 saturated carbocycles. The number of hydrogen-bond acceptors (Lipinski definition) is 2. The van der Waals surface area contributed by atoms with Gasteiger partial charge in [0.2, 0.25) is 5.91 Å². The second kappa shape index (κ2) is 6.61. The maximum atomic E-state index is 12.7. The lowest BCUT2D eigenvalue weighted by molar-refractivity contribution is -0.124. The molecular weight excluding hydrogens is 348 g/mol. The summed E-state index contributed by atoms with van der Waals surface area (Å²) in [6.07, 6.45) is 3.86. The summed E-state index contributed by atoms with van der Waals surface area (Å²) >= 11 is 6.07. The van der Waals surface area contributed by atoms with Crippen LogP contribution in [0.2, 0.25) is 5.02 Å². The summed E-state index contributed by atoms with van der Waals surface area (Å²) in [5.74, 6) is -0.237. The highest BCUT2D eigenvalue weighted by Gasteiger charge is 2.56. The summed E-state index contributed by atoms with van der Waals surface area (Å²) in [5.41, 5.74) is 1.85. The zero-order chi connectivity index (χ0) is 18.1. The number of carbonyl (C=O) groups is 2. The van der Waals surface area contributed by atoms with Gasteiger partial charge in [0.15, 0.2) is 5.78 Å². The fourth-order valence-corrected chi connectivity index (χ4v) is 3.56. The molecule has 3 aromatic rings. The summed E-state index contributed by atoms with van der Waals surface area (Å²) in [7, 11) is 0. The summed E-state index contributed by atoms with van der Waals surface area (Å²) in [6.45, 7) is 0.488. The van der Waals surface area contributed by atoms with E-state index in [0.29, 0.717) is 36.4 Å². The minimum absolute atomic E-state index is 0.0746. The fraction of sp³-hybridized carbons (Fsp3) is 0.238. The van der Waals surface area contributed by atoms with Crippen LogP contribution in [0.15, 0.2) is 54.7 Å². The van der Waals surface area contributed by atoms with E-state index in [1.807, 2.05) is 42.6 Å². The first-order chi connectivity index (χ1) is 12.6. The first-order valence-corrected chi connectivity index (χ1v) is 9.12. The highest BCUT2D eigenvalue weighted by atomic mass is 35.5. The van der Waals surface area contributed by atoms with Gasteiger partial charge in [-0.15, -0.1) is 0 Å². The van der Waals surface area contributed by atoms with Gasteiger partial charge in [0.25, 0.3) is 0 Å². The lowest BCUT2D eigenvalue weighted by Crippen LogP contribution is -2.38. The van der Waals surface area contributed by atoms with Crippen LogP contribution < -0.4 is 5.32 Å². The monoisotopic (exact) mass is 366 g/mol. The average Bonchev–Trinajstić information content (AvgIpc) is 3.39. The Bertz CT molecular complexity index is 974. The van der Waals surface area contributed by atoms with Gasteiger partial charge in [-0.1, -0.05) is 41.9 Å². The second-order valence-electron chi connectivity index (χ2n) is 6.79. The number of hydrogen-bond donors (Lipinski definition) is 2. The molecule has 132 valence electrons. The highest BCUT2D eigenvalue weighted by molar-refractivity contribution is 6.31. The number of ketones is 1. The topological polar surface area (TPSA) is 62.0 Å². The number of aromatic nitrogens is 1. The molecule has 0 spiro atoms. The first kappa shape index (κ1) is 16.9. The number of amides is 1. The van der Waals surface area contributed by atoms with Crippen molar-refractivity contribution >= 4 is 34.2 Å². The van der Waals surface area contributed by atoms with Crippen LogP contribution in [0.25, 0.3) is 10.9 Å². The van der Waals surface area contributed by atoms with E-state index in [1.165, 1.54) is 0 Å². The van der Waals surface area contributed by atoms with Gasteiger partial charge in [0.1, 0.15) is 5.41 Å². The van der Waals surface area contributed by atoms with Crippen LogP contribution in [0.3, 0.4) is 0 Å². The molecule has 1 amide bonds. The largest absolute Gasteiger partial charge is 0.361 e. The van der Waals surface area contributed by atoms with Crippen molar-refractivity contribution in [3.8, 4) is 0 Å². The minimum atomic E-state index is -0.870. The molecule has 0 saturated heterocycles. The maximum Gasteiger partial charge on any atom is 0.234 e. The Kier molecular flexibility index (Phi) is 4.29. The number of Topliss-reactive ketones (excluding diaryl/α,β-unsaturated/α-hetero) is 1. The van der Waals surface area contributed by atoms with Crippen LogP contribution in [-0.2, 0) is 11.2 Å². The van der Waals surface area contributed by atoms with Gasteiger partial charge in [-0.2, -0.15) is 0 Å². The van der Waals surface area contributed by atoms with Gasteiger partial charge in [-0.05, 0) is 43.0 Å². The third kappa shape index (κ3) is 3.01. The van der Waals surface area contributed by atoms with Gasteiger partial charge in [0, 0.05) is 34.2 Å². The van der Waals surface area contributed by atoms with Gasteiger partial charge >= 0.3 is 0 Å². The van der Waals surface area contributed by atoms with E-state index < -0.39 is 5.41 Å². The Hall–Kier alpha value is -2.59. The molecule has 2 aromatic carbocycles. The lowest BCUT2D eigenvalue weighted by Gasteiger charge is -2.14. The van der Waals surface area contributed by atoms with Crippen LogP contribution in [0.1, 0.15) is 28.8 Å². The molecule has 2 N–H and O–H groups in total. The minimum Gasteiger partial charge on any atom is -0.361 e. The summed E-state index contributed by atoms with van der Waals surface area (Å²) < 4.78 is 0. The molecule has 4 nitrogen and oxygen atoms in total. The molecule has 1 aliphatic carbocycles. The van der Waals surface area contributed by atoms with E-state index in [4.69, 9.17) is 11.6 Å². The van der Waals surface area contributed by atoms with Crippen LogP contribution in [0, 0.1) is 5.41 Å². The molecule has 0 unspecified atom stereocenters. The number of halogens is 1. The van der Waals surface area contributed by atoms with E-state index in [2.05, 4.69) is 10.3 Å². The molecule has 26 heavy (non-hydrogen) atoms. The highest BCUT2D eigenvalue weighted by Crippen LogP contribution is 2.48. The van der Waals surface area contributed by atoms with Crippen LogP contribution in [-0.4, -0.2) is 23.2 Å². The molecule has 0 atom stereocenters. The molecule has 4 rings (SSSR count). The number of aromatic amines is 1. The second-order valence-corrected chi connectivity index (χ2v) is 7.22. The summed E-state index contributed by atoms with van der Waals surface area (Å²) in [4.78, 5) is 28.5. The molecule has 5 heteroatoms. The lowest BCUT2D eigenvalue weighted by atomic mass is 9.93. The number of nitrogens with one attached hydrogen (secondary N) is 2. The smallest absolute Gasteiger partial charge is 0.234 e. The molecule has 0 bridgehead atoms. The van der Waals surface area contributed by atoms with Crippen molar-refractivity contribution in [3.05, 3.63) is 70.9 Å². The predicted octanol–water partition coefficient (Wildman–Crippen LogP) is 4.14. The number of rotatable bonds is 6. The molecular formula is C21H19ClN2O2. The van der Waals surface area contributed by atoms with Crippen molar-refractivity contribution in [2.45, 2.75) is 19.3 Å². The van der Waals surface area contributed by atoms with Crippen LogP contribution in [0.5, 0.6) is 0 Å². The van der Waals surface area contributed by atoms with E-state index in [9.17, 15) is 9.59 Å². The molecule has 0 radical (unpaired) electrons. The Morgan fingerprint density at radius 1 is 1.12 bits per heavy atom. The number of carbonyl (C=O) groups excluding carboxylic acids is 2. The van der Waals surface area contributed by atoms with Crippen molar-refractivity contribution < 1.29 is 9.59 Å². The third-order valence-corrected chi connectivity index (χ3v) is 5.30. The van der Waals surface area contributed by atoms with Crippen molar-refractivity contribution in [3.63, 3.8) is 0 Å². The first-order valence-electron chi connectivity index (χ1n) is 8.74. The Morgan fingerprint density at radius 2 is 1.88 bits per heavy atom. The zero-order valence-electron chi connectivity index (χ0n) is 14.2. The van der Waals surface area contributed by atoms with E-state index in [-0.39, 0.29) is 11.7 Å². The fourth-order valence-electron chi connectivity index (χ4n) is 3.39. The Morgan fingerprint density at radius 3 is 2.62 bits per heavy atom. The van der Waals surface area contributed by atoms with E-state index >= 15 is 0 Å². The van der Waals surface area contributed by atoms with Crippen LogP contribution in [0.4, 0.5) is 0 Å². The summed E-state index contributed by atoms with van der Waals surface area (Å²) in [6, 6.07) is 14.8. The SMILES string of the molecule is O=C(NCCc1c[nH]c2ccc(Cl)cc12)C1(C(=O)c2ccccc2)CC1. The average molecular weight is 367 g/mol. The number of H-pyrrole nitrogens is 1. The van der Waals surface area contributed by atoms with Crippen molar-refractivity contribution in [1.29, 1.82) is 0 Å². The van der Waals surface area contributed by atoms with Gasteiger partial charge in [0.05, 0.1) is 0 Å². The molecule has 1 aromatic heterocycles. The van der Waals surface area contributed by atoms with E-state index in [1.54, 1.807) is 12.1 Å². The number of fused-ring (bicyclic) bond motifs is 1. The molecule has 0 aliphatic heterocycles. The predicted molar refractivity (Wildman–Crippen MR) is 102 cm³/mol. The standard InChI is InChI=1S/C21H19ClN2O2/c22-16-6-7-18-17(12-16)15(13-24-18)8-11-23-20(26)21(9-10-21)19(25)14-4-2-1-3-5-14/h1-7,12-13,24H,8-11H2,(H,23,26). The third-order valence-electron chi connectivity index (χ3n) is 5.06. The molecule has 1 heterocycles. The van der Waals surface area contributed by atoms with Crippen molar-refractivity contribution in [2.75, 3.05) is 6.54 Å². The van der Waals surface area contributed by atoms with Crippen LogP contribution >= 0.6 is 11.6 Å². The quantitative estimate of drug-likeness (QED) is 0.508. The summed E-state index contributed by atoms with van der Waals surface area (Å²) in [5, 5.41) is 4.70. The maximum absolute atomic E-state index is 12.7. The van der Waals surface area contributed by atoms with Crippen molar-refractivity contribution in [2.24, 2.45) is 5.41 Å². The van der Waals surface area contributed by atoms with Gasteiger partial charge in [-0.25, -0.2) is 0 Å². The molecule has 1 aliphatic rings. The number of benzene rings is 2. The zero-order valence-corrected chi connectivity index (χ0v) is 15.0. The Balaban J connectivity index is 1.41. The normalized spacial score (nSPS) is 15.0. The molecule has 1 fully saturated rings.